The van der Waals surface area contributed by atoms with Crippen LogP contribution in [0.15, 0.2) is 42.6 Å². The van der Waals surface area contributed by atoms with Gasteiger partial charge >= 0.3 is 0 Å². The molecule has 1 fully saturated rings. The first kappa shape index (κ1) is 22.5. The number of nitrogens with one attached hydrogen (secondary N) is 1. The van der Waals surface area contributed by atoms with Crippen LogP contribution >= 0.6 is 22.9 Å². The molecule has 9 heteroatoms. The number of thiazole rings is 1. The molecule has 1 N–H and O–H groups in total. The number of aryl methyl sites for hydroxylation is 1. The van der Waals surface area contributed by atoms with Gasteiger partial charge in [-0.3, -0.25) is 4.79 Å². The fraction of sp³-hybridized carbons (Fsp3) is 0.348. The molecule has 1 aliphatic rings. The van der Waals surface area contributed by atoms with Crippen LogP contribution in [0.1, 0.15) is 25.9 Å². The monoisotopic (exact) mass is 471 g/mol. The maximum absolute atomic E-state index is 12.7. The van der Waals surface area contributed by atoms with Crippen molar-refractivity contribution in [3.8, 4) is 5.75 Å². The van der Waals surface area contributed by atoms with Crippen LogP contribution in [0, 0.1) is 6.92 Å². The fourth-order valence-corrected chi connectivity index (χ4v) is 4.43. The minimum absolute atomic E-state index is 0.138. The molecule has 7 nitrogen and oxygen atoms in total. The first-order valence-corrected chi connectivity index (χ1v) is 11.7. The van der Waals surface area contributed by atoms with Gasteiger partial charge in [-0.25, -0.2) is 9.97 Å². The lowest BCUT2D eigenvalue weighted by Gasteiger charge is -2.33. The Morgan fingerprint density at radius 1 is 1.16 bits per heavy atom. The minimum Gasteiger partial charge on any atom is -0.486 e. The van der Waals surface area contributed by atoms with Gasteiger partial charge in [-0.15, -0.1) is 11.3 Å². The van der Waals surface area contributed by atoms with Crippen LogP contribution in [0.25, 0.3) is 0 Å². The van der Waals surface area contributed by atoms with Gasteiger partial charge in [-0.1, -0.05) is 17.7 Å². The summed E-state index contributed by atoms with van der Waals surface area (Å²) in [5.74, 6) is 1.55. The van der Waals surface area contributed by atoms with E-state index in [-0.39, 0.29) is 5.91 Å². The first-order chi connectivity index (χ1) is 15.5. The molecule has 4 rings (SSSR count). The zero-order chi connectivity index (χ0) is 22.5. The molecule has 0 atom stereocenters. The van der Waals surface area contributed by atoms with Crippen LogP contribution < -0.4 is 15.0 Å². The largest absolute Gasteiger partial charge is 0.486 e. The summed E-state index contributed by atoms with van der Waals surface area (Å²) in [7, 11) is 2.14. The summed E-state index contributed by atoms with van der Waals surface area (Å²) in [6, 6.07) is 11.2. The molecule has 32 heavy (non-hydrogen) atoms. The predicted molar refractivity (Wildman–Crippen MR) is 128 cm³/mol. The molecule has 1 aromatic carbocycles. The van der Waals surface area contributed by atoms with Crippen molar-refractivity contribution in [1.29, 1.82) is 0 Å². The number of hydrogen-bond acceptors (Lipinski definition) is 7. The number of hydrogen-bond donors (Lipinski definition) is 1. The van der Waals surface area contributed by atoms with E-state index >= 15 is 0 Å². The molecule has 0 saturated carbocycles. The maximum atomic E-state index is 12.7. The Labute approximate surface area is 197 Å². The lowest BCUT2D eigenvalue weighted by Crippen LogP contribution is -2.44. The van der Waals surface area contributed by atoms with Crippen molar-refractivity contribution < 1.29 is 9.53 Å². The second-order valence-corrected chi connectivity index (χ2v) is 9.28. The zero-order valence-electron chi connectivity index (χ0n) is 18.2. The second kappa shape index (κ2) is 10.3. The van der Waals surface area contributed by atoms with E-state index in [1.54, 1.807) is 24.3 Å². The highest BCUT2D eigenvalue weighted by Gasteiger charge is 2.17. The molecule has 1 saturated heterocycles. The van der Waals surface area contributed by atoms with Crippen molar-refractivity contribution in [3.05, 3.63) is 68.8 Å². The van der Waals surface area contributed by atoms with Gasteiger partial charge in [-0.2, -0.15) is 0 Å². The molecule has 3 aromatic rings. The van der Waals surface area contributed by atoms with E-state index < -0.39 is 0 Å². The van der Waals surface area contributed by atoms with E-state index in [0.29, 0.717) is 34.5 Å². The Kier molecular flexibility index (Phi) is 7.24. The van der Waals surface area contributed by atoms with Gasteiger partial charge in [0, 0.05) is 43.9 Å². The van der Waals surface area contributed by atoms with E-state index in [1.165, 1.54) is 11.3 Å². The average Bonchev–Trinajstić information content (AvgIpc) is 3.18. The number of aromatic nitrogens is 2. The summed E-state index contributed by atoms with van der Waals surface area (Å²) in [5.41, 5.74) is 1.66. The van der Waals surface area contributed by atoms with Gasteiger partial charge in [0.25, 0.3) is 5.91 Å². The normalized spacial score (nSPS) is 14.4. The van der Waals surface area contributed by atoms with Crippen molar-refractivity contribution in [2.45, 2.75) is 20.1 Å². The molecule has 2 aromatic heterocycles. The van der Waals surface area contributed by atoms with Crippen molar-refractivity contribution >= 4 is 34.7 Å². The Morgan fingerprint density at radius 3 is 2.59 bits per heavy atom. The number of halogens is 1. The number of amides is 1. The lowest BCUT2D eigenvalue weighted by molar-refractivity contribution is 0.0954. The third kappa shape index (κ3) is 5.76. The first-order valence-electron chi connectivity index (χ1n) is 10.5. The SMILES string of the molecule is Cc1nc(COc2ccc(Cl)cc2)sc1C(=O)NCc1ccc(N2CCN(C)CC2)nc1. The predicted octanol–water partition coefficient (Wildman–Crippen LogP) is 3.76. The summed E-state index contributed by atoms with van der Waals surface area (Å²) in [6.07, 6.45) is 1.83. The summed E-state index contributed by atoms with van der Waals surface area (Å²) >= 11 is 7.24. The fourth-order valence-electron chi connectivity index (χ4n) is 3.41. The number of anilines is 1. The third-order valence-electron chi connectivity index (χ3n) is 5.31. The number of pyridine rings is 1. The van der Waals surface area contributed by atoms with Crippen LogP contribution in [0.2, 0.25) is 5.02 Å². The van der Waals surface area contributed by atoms with Gasteiger partial charge < -0.3 is 19.9 Å². The van der Waals surface area contributed by atoms with Crippen LogP contribution in [0.5, 0.6) is 5.75 Å². The van der Waals surface area contributed by atoms with Crippen LogP contribution in [-0.2, 0) is 13.2 Å². The highest BCUT2D eigenvalue weighted by atomic mass is 35.5. The van der Waals surface area contributed by atoms with Crippen molar-refractivity contribution in [2.24, 2.45) is 0 Å². The molecule has 0 unspecified atom stereocenters. The molecule has 1 aliphatic heterocycles. The van der Waals surface area contributed by atoms with Crippen LogP contribution in [0.4, 0.5) is 5.82 Å². The molecule has 0 radical (unpaired) electrons. The molecule has 0 aliphatic carbocycles. The summed E-state index contributed by atoms with van der Waals surface area (Å²) in [6.45, 7) is 6.61. The highest BCUT2D eigenvalue weighted by molar-refractivity contribution is 7.13. The molecular weight excluding hydrogens is 446 g/mol. The lowest BCUT2D eigenvalue weighted by atomic mass is 10.2. The average molecular weight is 472 g/mol. The number of ether oxygens (including phenoxy) is 1. The summed E-state index contributed by atoms with van der Waals surface area (Å²) in [4.78, 5) is 26.9. The Hall–Kier alpha value is -2.68. The van der Waals surface area contributed by atoms with Gasteiger partial charge in [0.1, 0.15) is 28.1 Å². The number of likely N-dealkylation sites (N-methyl/N-ethyl adjacent to an activating group) is 1. The number of nitrogens with zero attached hydrogens (tertiary/aromatic N) is 4. The van der Waals surface area contributed by atoms with E-state index in [0.717, 1.165) is 42.6 Å². The van der Waals surface area contributed by atoms with E-state index in [1.807, 2.05) is 25.3 Å². The van der Waals surface area contributed by atoms with Gasteiger partial charge in [0.15, 0.2) is 0 Å². The van der Waals surface area contributed by atoms with E-state index in [4.69, 9.17) is 16.3 Å². The van der Waals surface area contributed by atoms with E-state index in [9.17, 15) is 4.79 Å². The highest BCUT2D eigenvalue weighted by Crippen LogP contribution is 2.22. The van der Waals surface area contributed by atoms with E-state index in [2.05, 4.69) is 32.1 Å². The summed E-state index contributed by atoms with van der Waals surface area (Å²) in [5, 5.41) is 4.38. The molecule has 3 heterocycles. The molecule has 0 spiro atoms. The smallest absolute Gasteiger partial charge is 0.263 e. The zero-order valence-corrected chi connectivity index (χ0v) is 19.7. The Bertz CT molecular complexity index is 1050. The second-order valence-electron chi connectivity index (χ2n) is 7.76. The maximum Gasteiger partial charge on any atom is 0.263 e. The topological polar surface area (TPSA) is 70.6 Å². The number of carbonyl (C=O) groups is 1. The minimum atomic E-state index is -0.138. The number of rotatable bonds is 7. The van der Waals surface area contributed by atoms with Gasteiger partial charge in [0.05, 0.1) is 5.69 Å². The molecule has 1 amide bonds. The Balaban J connectivity index is 1.29. The van der Waals surface area contributed by atoms with Crippen molar-refractivity contribution in [2.75, 3.05) is 38.1 Å². The number of benzene rings is 1. The van der Waals surface area contributed by atoms with Gasteiger partial charge in [0.2, 0.25) is 0 Å². The quantitative estimate of drug-likeness (QED) is 0.565. The molecule has 0 bridgehead atoms. The summed E-state index contributed by atoms with van der Waals surface area (Å²) < 4.78 is 5.73. The Morgan fingerprint density at radius 2 is 1.91 bits per heavy atom. The number of carbonyl (C=O) groups excluding carboxylic acids is 1. The molecule has 168 valence electrons. The number of piperazine rings is 1. The van der Waals surface area contributed by atoms with Crippen LogP contribution in [-0.4, -0.2) is 54.0 Å². The van der Waals surface area contributed by atoms with Crippen LogP contribution in [0.3, 0.4) is 0 Å². The standard InChI is InChI=1S/C23H26ClN5O2S/c1-16-22(32-21(27-16)15-31-19-6-4-18(24)5-7-19)23(30)26-14-17-3-8-20(25-13-17)29-11-9-28(2)10-12-29/h3-8,13H,9-12,14-15H2,1-2H3,(H,26,30). The van der Waals surface area contributed by atoms with Crippen molar-refractivity contribution in [3.63, 3.8) is 0 Å². The van der Waals surface area contributed by atoms with Crippen molar-refractivity contribution in [1.82, 2.24) is 20.2 Å². The van der Waals surface area contributed by atoms with Gasteiger partial charge in [-0.05, 0) is 49.9 Å². The third-order valence-corrected chi connectivity index (χ3v) is 6.69. The molecular formula is C23H26ClN5O2S.